The molecule has 2 aromatic carbocycles. The number of nitrogens with one attached hydrogen (secondary N) is 1. The van der Waals surface area contributed by atoms with E-state index in [4.69, 9.17) is 9.47 Å². The van der Waals surface area contributed by atoms with Crippen LogP contribution < -0.4 is 19.9 Å². The first-order valence-electron chi connectivity index (χ1n) is 7.95. The number of nitrogens with zero attached hydrogens (tertiary/aromatic N) is 2. The third-order valence-corrected chi connectivity index (χ3v) is 3.77. The molecule has 2 rings (SSSR count). The predicted molar refractivity (Wildman–Crippen MR) is 99.2 cm³/mol. The van der Waals surface area contributed by atoms with Crippen molar-refractivity contribution in [3.05, 3.63) is 63.2 Å². The minimum Gasteiger partial charge on any atom is -0.545 e. The molecule has 0 radical (unpaired) electrons. The fraction of sp³-hybridized carbons (Fsp3) is 0.105. The summed E-state index contributed by atoms with van der Waals surface area (Å²) in [6, 6.07) is 9.15. The van der Waals surface area contributed by atoms with Crippen molar-refractivity contribution in [2.24, 2.45) is 0 Å². The highest BCUT2D eigenvalue weighted by molar-refractivity contribution is 6.10. The highest BCUT2D eigenvalue weighted by atomic mass is 16.6. The molecule has 0 aromatic heterocycles. The Morgan fingerprint density at radius 2 is 1.72 bits per heavy atom. The second-order valence-electron chi connectivity index (χ2n) is 5.51. The maximum atomic E-state index is 12.4. The average Bonchev–Trinajstić information content (AvgIpc) is 2.71. The normalized spacial score (nSPS) is 10.6. The zero-order chi connectivity index (χ0) is 21.6. The molecule has 1 amide bonds. The number of carboxylic acid groups (broad SMARTS) is 1. The summed E-state index contributed by atoms with van der Waals surface area (Å²) >= 11 is 0. The van der Waals surface area contributed by atoms with Crippen LogP contribution in [0.25, 0.3) is 6.08 Å². The van der Waals surface area contributed by atoms with E-state index in [-0.39, 0.29) is 34.0 Å². The Balaban J connectivity index is 2.40. The molecule has 29 heavy (non-hydrogen) atoms. The molecule has 0 spiro atoms. The van der Waals surface area contributed by atoms with Gasteiger partial charge < -0.3 is 24.7 Å². The van der Waals surface area contributed by atoms with Gasteiger partial charge in [-0.05, 0) is 29.8 Å². The second kappa shape index (κ2) is 9.01. The summed E-state index contributed by atoms with van der Waals surface area (Å²) in [5, 5.41) is 33.8. The first-order valence-corrected chi connectivity index (χ1v) is 7.95. The summed E-state index contributed by atoms with van der Waals surface area (Å²) in [6.07, 6.45) is 1.05. The summed E-state index contributed by atoms with van der Waals surface area (Å²) < 4.78 is 10.1. The minimum atomic E-state index is -1.37. The molecule has 0 aliphatic rings. The molecule has 0 unspecified atom stereocenters. The Morgan fingerprint density at radius 3 is 2.21 bits per heavy atom. The lowest BCUT2D eigenvalue weighted by Gasteiger charge is -2.09. The van der Waals surface area contributed by atoms with Gasteiger partial charge in [-0.1, -0.05) is 12.1 Å². The summed E-state index contributed by atoms with van der Waals surface area (Å²) in [4.78, 5) is 33.8. The average molecular weight is 396 g/mol. The zero-order valence-electron chi connectivity index (χ0n) is 15.3. The number of nitriles is 1. The number of benzene rings is 2. The Labute approximate surface area is 164 Å². The third-order valence-electron chi connectivity index (χ3n) is 3.77. The summed E-state index contributed by atoms with van der Waals surface area (Å²) in [5.41, 5.74) is -0.694. The maximum absolute atomic E-state index is 12.4. The zero-order valence-corrected chi connectivity index (χ0v) is 15.3. The number of carboxylic acids is 1. The number of carbonyl (C=O) groups is 2. The van der Waals surface area contributed by atoms with Gasteiger partial charge in [0.05, 0.1) is 36.7 Å². The minimum absolute atomic E-state index is 0.0355. The number of carbonyl (C=O) groups excluding carboxylic acids is 2. The number of anilines is 1. The summed E-state index contributed by atoms with van der Waals surface area (Å²) in [5.74, 6) is -1.91. The van der Waals surface area contributed by atoms with Crippen LogP contribution in [-0.2, 0) is 4.79 Å². The van der Waals surface area contributed by atoms with Crippen molar-refractivity contribution in [1.29, 1.82) is 5.26 Å². The SMILES string of the molecule is COc1cc(/C=C(\C#N)C(=O)Nc2ccc(C(=O)[O-])cc2)c([N+](=O)[O-])cc1OC. The fourth-order valence-electron chi connectivity index (χ4n) is 2.35. The van der Waals surface area contributed by atoms with Crippen LogP contribution in [0.5, 0.6) is 11.5 Å². The van der Waals surface area contributed by atoms with Crippen molar-refractivity contribution in [2.75, 3.05) is 19.5 Å². The molecule has 0 saturated heterocycles. The number of hydrogen-bond donors (Lipinski definition) is 1. The molecule has 1 N–H and O–H groups in total. The molecule has 0 aliphatic heterocycles. The van der Waals surface area contributed by atoms with Crippen LogP contribution in [0.3, 0.4) is 0 Å². The lowest BCUT2D eigenvalue weighted by Crippen LogP contribution is -2.22. The van der Waals surface area contributed by atoms with Crippen LogP contribution in [0.15, 0.2) is 42.0 Å². The molecule has 0 bridgehead atoms. The van der Waals surface area contributed by atoms with Gasteiger partial charge in [0.25, 0.3) is 11.6 Å². The monoisotopic (exact) mass is 396 g/mol. The highest BCUT2D eigenvalue weighted by Gasteiger charge is 2.20. The van der Waals surface area contributed by atoms with Gasteiger partial charge in [-0.2, -0.15) is 5.26 Å². The topological polar surface area (TPSA) is 155 Å². The fourth-order valence-corrected chi connectivity index (χ4v) is 2.35. The predicted octanol–water partition coefficient (Wildman–Crippen LogP) is 1.52. The van der Waals surface area contributed by atoms with Gasteiger partial charge in [0.2, 0.25) is 0 Å². The highest BCUT2D eigenvalue weighted by Crippen LogP contribution is 2.35. The van der Waals surface area contributed by atoms with Gasteiger partial charge in [-0.3, -0.25) is 14.9 Å². The van der Waals surface area contributed by atoms with Crippen LogP contribution in [0.4, 0.5) is 11.4 Å². The standard InChI is InChI=1S/C19H15N3O7/c1-28-16-8-12(15(22(26)27)9-17(16)29-2)7-13(10-20)18(23)21-14-5-3-11(4-6-14)19(24)25/h3-9H,1-2H3,(H,21,23)(H,24,25)/p-1/b13-7+. The maximum Gasteiger partial charge on any atom is 0.280 e. The molecule has 2 aromatic rings. The van der Waals surface area contributed by atoms with Crippen LogP contribution in [0.2, 0.25) is 0 Å². The van der Waals surface area contributed by atoms with Gasteiger partial charge in [0, 0.05) is 5.69 Å². The molecule has 148 valence electrons. The number of methoxy groups -OCH3 is 2. The van der Waals surface area contributed by atoms with Crippen LogP contribution in [0.1, 0.15) is 15.9 Å². The van der Waals surface area contributed by atoms with Crippen LogP contribution in [0, 0.1) is 21.4 Å². The lowest BCUT2D eigenvalue weighted by atomic mass is 10.1. The number of rotatable bonds is 7. The van der Waals surface area contributed by atoms with Crippen molar-refractivity contribution < 1.29 is 29.1 Å². The van der Waals surface area contributed by atoms with Crippen molar-refractivity contribution in [3.63, 3.8) is 0 Å². The molecule has 0 atom stereocenters. The van der Waals surface area contributed by atoms with E-state index in [0.29, 0.717) is 0 Å². The molecule has 0 heterocycles. The van der Waals surface area contributed by atoms with E-state index >= 15 is 0 Å². The van der Waals surface area contributed by atoms with Crippen LogP contribution in [-0.4, -0.2) is 31.0 Å². The second-order valence-corrected chi connectivity index (χ2v) is 5.51. The first-order chi connectivity index (χ1) is 13.8. The van der Waals surface area contributed by atoms with E-state index in [1.807, 2.05) is 0 Å². The van der Waals surface area contributed by atoms with Gasteiger partial charge in [-0.15, -0.1) is 0 Å². The van der Waals surface area contributed by atoms with Crippen molar-refractivity contribution in [3.8, 4) is 17.6 Å². The number of hydrogen-bond acceptors (Lipinski definition) is 8. The Bertz CT molecular complexity index is 1040. The van der Waals surface area contributed by atoms with E-state index < -0.39 is 22.4 Å². The van der Waals surface area contributed by atoms with Crippen LogP contribution >= 0.6 is 0 Å². The van der Waals surface area contributed by atoms with Gasteiger partial charge in [0.1, 0.15) is 11.6 Å². The number of nitro groups is 1. The quantitative estimate of drug-likeness (QED) is 0.320. The molecule has 0 fully saturated rings. The largest absolute Gasteiger partial charge is 0.545 e. The van der Waals surface area contributed by atoms with Crippen molar-refractivity contribution >= 4 is 29.3 Å². The Morgan fingerprint density at radius 1 is 1.14 bits per heavy atom. The molecule has 10 heteroatoms. The number of amides is 1. The smallest absolute Gasteiger partial charge is 0.280 e. The Hall–Kier alpha value is -4.39. The Kier molecular flexibility index (Phi) is 6.50. The molecule has 0 aliphatic carbocycles. The van der Waals surface area contributed by atoms with E-state index in [1.165, 1.54) is 44.6 Å². The molecule has 10 nitrogen and oxygen atoms in total. The van der Waals surface area contributed by atoms with E-state index in [0.717, 1.165) is 12.1 Å². The molecular weight excluding hydrogens is 382 g/mol. The summed E-state index contributed by atoms with van der Waals surface area (Å²) in [6.45, 7) is 0. The number of aromatic carboxylic acids is 1. The van der Waals surface area contributed by atoms with Gasteiger partial charge in [0.15, 0.2) is 11.5 Å². The number of ether oxygens (including phenoxy) is 2. The first kappa shape index (κ1) is 20.9. The number of nitro benzene ring substituents is 1. The van der Waals surface area contributed by atoms with Gasteiger partial charge in [-0.25, -0.2) is 0 Å². The lowest BCUT2D eigenvalue weighted by molar-refractivity contribution is -0.385. The van der Waals surface area contributed by atoms with E-state index in [9.17, 15) is 30.1 Å². The van der Waals surface area contributed by atoms with E-state index in [2.05, 4.69) is 5.32 Å². The third kappa shape index (κ3) is 4.86. The van der Waals surface area contributed by atoms with Crippen molar-refractivity contribution in [1.82, 2.24) is 0 Å². The molecular formula is C19H14N3O7-. The van der Waals surface area contributed by atoms with Gasteiger partial charge >= 0.3 is 0 Å². The van der Waals surface area contributed by atoms with E-state index in [1.54, 1.807) is 6.07 Å². The molecule has 0 saturated carbocycles. The van der Waals surface area contributed by atoms with Crippen molar-refractivity contribution in [2.45, 2.75) is 0 Å². The summed E-state index contributed by atoms with van der Waals surface area (Å²) in [7, 11) is 2.66.